The van der Waals surface area contributed by atoms with E-state index in [9.17, 15) is 21.4 Å². The van der Waals surface area contributed by atoms with E-state index in [4.69, 9.17) is 13.7 Å². The summed E-state index contributed by atoms with van der Waals surface area (Å²) in [6, 6.07) is 18.7. The highest BCUT2D eigenvalue weighted by atomic mass is 32.2. The highest BCUT2D eigenvalue weighted by Crippen LogP contribution is 2.56. The van der Waals surface area contributed by atoms with Crippen molar-refractivity contribution in [1.29, 1.82) is 0 Å². The summed E-state index contributed by atoms with van der Waals surface area (Å²) in [7, 11) is -9.02. The molecule has 4 bridgehead atoms. The van der Waals surface area contributed by atoms with Crippen LogP contribution in [0.3, 0.4) is 0 Å². The van der Waals surface area contributed by atoms with Crippen LogP contribution in [0.15, 0.2) is 76.5 Å². The first-order valence-corrected chi connectivity index (χ1v) is 17.3. The number of fused-ring (bicyclic) bond motifs is 6. The zero-order chi connectivity index (χ0) is 28.9. The fourth-order valence-electron chi connectivity index (χ4n) is 7.94. The van der Waals surface area contributed by atoms with Crippen LogP contribution in [0.5, 0.6) is 5.75 Å². The third kappa shape index (κ3) is 4.03. The fourth-order valence-corrected chi connectivity index (χ4v) is 10.1. The zero-order valence-corrected chi connectivity index (χ0v) is 24.4. The molecule has 4 fully saturated rings. The molecule has 8 nitrogen and oxygen atoms in total. The molecule has 1 N–H and O–H groups in total. The van der Waals surface area contributed by atoms with Gasteiger partial charge in [-0.2, -0.15) is 16.8 Å². The van der Waals surface area contributed by atoms with Crippen LogP contribution in [0.1, 0.15) is 62.0 Å². The van der Waals surface area contributed by atoms with Gasteiger partial charge in [-0.15, -0.1) is 0 Å². The minimum Gasteiger partial charge on any atom is -0.378 e. The Kier molecular flexibility index (Phi) is 5.85. The summed E-state index contributed by atoms with van der Waals surface area (Å²) >= 11 is 0. The van der Waals surface area contributed by atoms with E-state index in [1.54, 1.807) is 18.2 Å². The molecule has 0 amide bonds. The third-order valence-corrected chi connectivity index (χ3v) is 11.9. The maximum atomic E-state index is 14.7. The molecule has 4 saturated heterocycles. The van der Waals surface area contributed by atoms with Crippen LogP contribution in [0.25, 0.3) is 21.5 Å². The smallest absolute Gasteiger partial charge is 0.339 e. The van der Waals surface area contributed by atoms with Crippen molar-refractivity contribution < 1.29 is 35.0 Å². The van der Waals surface area contributed by atoms with Crippen molar-refractivity contribution in [3.8, 4) is 5.75 Å². The minimum atomic E-state index is -4.55. The summed E-state index contributed by atoms with van der Waals surface area (Å²) < 4.78 is 82.2. The normalized spacial score (nSPS) is 28.7. The highest BCUT2D eigenvalue weighted by Gasteiger charge is 2.52. The van der Waals surface area contributed by atoms with Crippen molar-refractivity contribution in [2.45, 2.75) is 84.6 Å². The maximum Gasteiger partial charge on any atom is 0.339 e. The lowest BCUT2D eigenvalue weighted by atomic mass is 9.77. The predicted molar refractivity (Wildman–Crippen MR) is 156 cm³/mol. The highest BCUT2D eigenvalue weighted by molar-refractivity contribution is 7.87. The van der Waals surface area contributed by atoms with Gasteiger partial charge in [-0.1, -0.05) is 48.5 Å². The molecule has 0 radical (unpaired) electrons. The lowest BCUT2D eigenvalue weighted by molar-refractivity contribution is 0.00884. The predicted octanol–water partition coefficient (Wildman–Crippen LogP) is 6.21. The average Bonchev–Trinajstić information content (AvgIpc) is 3.78. The summed E-state index contributed by atoms with van der Waals surface area (Å²) in [5.74, 6) is -0.115. The topological polar surface area (TPSA) is 116 Å². The molecule has 4 aliphatic heterocycles. The Morgan fingerprint density at radius 3 is 2.17 bits per heavy atom. The van der Waals surface area contributed by atoms with Crippen molar-refractivity contribution in [2.75, 3.05) is 0 Å². The average molecular weight is 607 g/mol. The van der Waals surface area contributed by atoms with Gasteiger partial charge >= 0.3 is 10.1 Å². The molecule has 218 valence electrons. The number of hydrogen-bond donors (Lipinski definition) is 1. The van der Waals surface area contributed by atoms with Gasteiger partial charge in [0.1, 0.15) is 9.79 Å². The van der Waals surface area contributed by atoms with Gasteiger partial charge in [0.15, 0.2) is 5.75 Å². The second kappa shape index (κ2) is 9.24. The van der Waals surface area contributed by atoms with E-state index in [2.05, 4.69) is 0 Å². The van der Waals surface area contributed by atoms with Crippen molar-refractivity contribution >= 4 is 41.8 Å². The number of ether oxygens (including phenoxy) is 2. The van der Waals surface area contributed by atoms with Crippen LogP contribution in [0, 0.1) is 0 Å². The summed E-state index contributed by atoms with van der Waals surface area (Å²) in [6.07, 6.45) is 5.95. The second-order valence-corrected chi connectivity index (χ2v) is 14.9. The van der Waals surface area contributed by atoms with Gasteiger partial charge in [0, 0.05) is 22.3 Å². The van der Waals surface area contributed by atoms with Gasteiger partial charge in [0.05, 0.1) is 23.9 Å². The van der Waals surface area contributed by atoms with Crippen molar-refractivity contribution in [1.82, 2.24) is 0 Å². The molecule has 0 saturated carbocycles. The molecule has 42 heavy (non-hydrogen) atoms. The Balaban J connectivity index is 1.38. The quantitative estimate of drug-likeness (QED) is 0.203. The first-order valence-electron chi connectivity index (χ1n) is 14.5. The van der Waals surface area contributed by atoms with Crippen LogP contribution >= 0.6 is 0 Å². The second-order valence-electron chi connectivity index (χ2n) is 12.0. The van der Waals surface area contributed by atoms with Crippen molar-refractivity contribution in [3.05, 3.63) is 77.9 Å². The molecule has 4 heterocycles. The fraction of sp³-hybridized carbons (Fsp3) is 0.375. The van der Waals surface area contributed by atoms with Crippen LogP contribution in [0.4, 0.5) is 0 Å². The van der Waals surface area contributed by atoms with Crippen LogP contribution < -0.4 is 4.18 Å². The monoisotopic (exact) mass is 606 g/mol. The zero-order valence-electron chi connectivity index (χ0n) is 22.7. The Labute approximate surface area is 244 Å². The standard InChI is InChI=1S/C32H30O8S2/c33-41(34,35)29-12-11-28(23-7-3-4-8-24(23)29)40-42(36,37)31-26(25-18-21-9-10-27(25)38-21)17-19-5-1-2-6-22(19)30(31)32-15-13-20(39-32)14-16-32/h1-8,11-12,17,20-21,25,27H,9-10,13-16,18H2,(H,33,34,35). The van der Waals surface area contributed by atoms with E-state index in [0.29, 0.717) is 11.1 Å². The molecule has 0 aliphatic carbocycles. The maximum absolute atomic E-state index is 14.7. The van der Waals surface area contributed by atoms with Crippen LogP contribution in [-0.2, 0) is 35.3 Å². The van der Waals surface area contributed by atoms with E-state index in [0.717, 1.165) is 55.7 Å². The number of rotatable bonds is 6. The van der Waals surface area contributed by atoms with E-state index in [1.165, 1.54) is 18.2 Å². The van der Waals surface area contributed by atoms with Gasteiger partial charge in [0.25, 0.3) is 10.1 Å². The molecular formula is C32H30O8S2. The summed E-state index contributed by atoms with van der Waals surface area (Å²) in [5, 5.41) is 2.23. The van der Waals surface area contributed by atoms with Gasteiger partial charge in [-0.25, -0.2) is 0 Å². The molecule has 8 rings (SSSR count). The van der Waals surface area contributed by atoms with E-state index in [-0.39, 0.29) is 50.5 Å². The van der Waals surface area contributed by atoms with E-state index >= 15 is 0 Å². The van der Waals surface area contributed by atoms with Crippen LogP contribution in [-0.4, -0.2) is 39.7 Å². The summed E-state index contributed by atoms with van der Waals surface area (Å²) in [6.45, 7) is 0. The molecular weight excluding hydrogens is 576 g/mol. The lowest BCUT2D eigenvalue weighted by Crippen LogP contribution is -2.29. The summed E-state index contributed by atoms with van der Waals surface area (Å²) in [4.78, 5) is -0.169. The van der Waals surface area contributed by atoms with Crippen LogP contribution in [0.2, 0.25) is 0 Å². The first kappa shape index (κ1) is 26.6. The molecule has 3 unspecified atom stereocenters. The Hall–Kier alpha value is -3.02. The largest absolute Gasteiger partial charge is 0.378 e. The Morgan fingerprint density at radius 1 is 0.810 bits per heavy atom. The molecule has 4 aromatic rings. The minimum absolute atomic E-state index is 0.0126. The van der Waals surface area contributed by atoms with Gasteiger partial charge in [0.2, 0.25) is 0 Å². The Bertz CT molecular complexity index is 1980. The van der Waals surface area contributed by atoms with Gasteiger partial charge in [-0.3, -0.25) is 4.55 Å². The molecule has 4 aliphatic rings. The molecule has 0 spiro atoms. The molecule has 0 aromatic heterocycles. The SMILES string of the molecule is O=S(=O)(O)c1ccc(OS(=O)(=O)c2c(C3CC4CCC3O4)cc3ccccc3c2C23CCC(CC2)O3)c2ccccc12. The first-order chi connectivity index (χ1) is 20.1. The van der Waals surface area contributed by atoms with Crippen molar-refractivity contribution in [3.63, 3.8) is 0 Å². The lowest BCUT2D eigenvalue weighted by Gasteiger charge is -2.32. The van der Waals surface area contributed by atoms with E-state index in [1.807, 2.05) is 30.3 Å². The molecule has 3 atom stereocenters. The summed E-state index contributed by atoms with van der Waals surface area (Å²) in [5.41, 5.74) is 0.627. The van der Waals surface area contributed by atoms with E-state index < -0.39 is 25.8 Å². The molecule has 4 aromatic carbocycles. The van der Waals surface area contributed by atoms with Gasteiger partial charge < -0.3 is 13.7 Å². The van der Waals surface area contributed by atoms with Gasteiger partial charge in [-0.05, 0) is 79.5 Å². The number of benzene rings is 4. The Morgan fingerprint density at radius 2 is 1.52 bits per heavy atom. The number of hydrogen-bond acceptors (Lipinski definition) is 7. The molecule has 10 heteroatoms. The third-order valence-electron chi connectivity index (χ3n) is 9.70. The van der Waals surface area contributed by atoms with Crippen molar-refractivity contribution in [2.24, 2.45) is 0 Å².